The van der Waals surface area contributed by atoms with Crippen LogP contribution in [0.5, 0.6) is 0 Å². The molecule has 0 saturated heterocycles. The smallest absolute Gasteiger partial charge is 0.181 e. The second-order valence-electron chi connectivity index (χ2n) is 3.00. The molecular formula is C9H11Cl2NO2S. The van der Waals surface area contributed by atoms with E-state index in [0.29, 0.717) is 11.6 Å². The summed E-state index contributed by atoms with van der Waals surface area (Å²) < 4.78 is 23.6. The number of hydrogen-bond acceptors (Lipinski definition) is 3. The van der Waals surface area contributed by atoms with Crippen LogP contribution in [0.3, 0.4) is 0 Å². The van der Waals surface area contributed by atoms with Crippen LogP contribution in [0.2, 0.25) is 10.0 Å². The summed E-state index contributed by atoms with van der Waals surface area (Å²) in [6.45, 7) is 0.380. The van der Waals surface area contributed by atoms with Crippen LogP contribution >= 0.6 is 23.2 Å². The average molecular weight is 268 g/mol. The minimum Gasteiger partial charge on any atom is -0.319 e. The van der Waals surface area contributed by atoms with Gasteiger partial charge in [-0.25, -0.2) is 8.42 Å². The molecule has 0 radical (unpaired) electrons. The summed E-state index contributed by atoms with van der Waals surface area (Å²) in [7, 11) is -1.66. The Morgan fingerprint density at radius 1 is 1.33 bits per heavy atom. The Bertz CT molecular complexity index is 445. The number of nitrogens with one attached hydrogen (secondary N) is 1. The zero-order valence-electron chi connectivity index (χ0n) is 8.13. The van der Waals surface area contributed by atoms with Crippen LogP contribution in [0.25, 0.3) is 0 Å². The summed E-state index contributed by atoms with van der Waals surface area (Å²) in [5.74, 6) is 0.00353. The maximum Gasteiger partial charge on any atom is 0.181 e. The molecule has 1 aromatic rings. The van der Waals surface area contributed by atoms with Crippen molar-refractivity contribution in [2.75, 3.05) is 19.3 Å². The van der Waals surface area contributed by atoms with E-state index in [0.717, 1.165) is 0 Å². The van der Waals surface area contributed by atoms with Crippen molar-refractivity contribution >= 4 is 33.0 Å². The maximum absolute atomic E-state index is 11.8. The molecule has 0 heterocycles. The Labute approximate surface area is 99.3 Å². The van der Waals surface area contributed by atoms with Crippen LogP contribution in [0.15, 0.2) is 23.1 Å². The van der Waals surface area contributed by atoms with Crippen LogP contribution in [0, 0.1) is 0 Å². The summed E-state index contributed by atoms with van der Waals surface area (Å²) >= 11 is 11.5. The van der Waals surface area contributed by atoms with Crippen LogP contribution < -0.4 is 5.32 Å². The number of rotatable bonds is 4. The van der Waals surface area contributed by atoms with E-state index in [-0.39, 0.29) is 15.7 Å². The third-order valence-corrected chi connectivity index (χ3v) is 4.28. The van der Waals surface area contributed by atoms with Gasteiger partial charge in [0.1, 0.15) is 0 Å². The first kappa shape index (κ1) is 12.8. The van der Waals surface area contributed by atoms with Gasteiger partial charge in [0.05, 0.1) is 15.7 Å². The Morgan fingerprint density at radius 3 is 2.60 bits per heavy atom. The molecule has 0 aromatic heterocycles. The average Bonchev–Trinajstić information content (AvgIpc) is 2.18. The molecule has 0 spiro atoms. The van der Waals surface area contributed by atoms with E-state index in [2.05, 4.69) is 5.32 Å². The van der Waals surface area contributed by atoms with Crippen LogP contribution in [-0.4, -0.2) is 27.8 Å². The highest BCUT2D eigenvalue weighted by Crippen LogP contribution is 2.25. The molecule has 0 amide bonds. The predicted molar refractivity (Wildman–Crippen MR) is 62.4 cm³/mol. The molecule has 1 N–H and O–H groups in total. The molecule has 0 saturated carbocycles. The van der Waals surface area contributed by atoms with Gasteiger partial charge >= 0.3 is 0 Å². The minimum atomic E-state index is -3.35. The third-order valence-electron chi connectivity index (χ3n) is 1.85. The van der Waals surface area contributed by atoms with Gasteiger partial charge in [0.15, 0.2) is 9.84 Å². The Hall–Kier alpha value is -0.290. The van der Waals surface area contributed by atoms with Gasteiger partial charge < -0.3 is 5.32 Å². The zero-order chi connectivity index (χ0) is 11.5. The number of benzene rings is 1. The molecular weight excluding hydrogens is 257 g/mol. The van der Waals surface area contributed by atoms with E-state index < -0.39 is 9.84 Å². The molecule has 0 aliphatic carbocycles. The second kappa shape index (κ2) is 5.16. The van der Waals surface area contributed by atoms with Crippen LogP contribution in [0.1, 0.15) is 0 Å². The van der Waals surface area contributed by atoms with E-state index in [1.165, 1.54) is 12.1 Å². The van der Waals surface area contributed by atoms with Gasteiger partial charge in [0, 0.05) is 11.6 Å². The molecule has 1 aromatic carbocycles. The largest absolute Gasteiger partial charge is 0.319 e. The maximum atomic E-state index is 11.8. The van der Waals surface area contributed by atoms with Crippen molar-refractivity contribution in [3.8, 4) is 0 Å². The highest BCUT2D eigenvalue weighted by atomic mass is 35.5. The van der Waals surface area contributed by atoms with Crippen molar-refractivity contribution in [3.05, 3.63) is 28.2 Å². The molecule has 3 nitrogen and oxygen atoms in total. The molecule has 1 rings (SSSR count). The minimum absolute atomic E-state index is 0.00353. The van der Waals surface area contributed by atoms with Gasteiger partial charge in [-0.3, -0.25) is 0 Å². The number of halogens is 2. The van der Waals surface area contributed by atoms with Crippen molar-refractivity contribution in [3.63, 3.8) is 0 Å². The van der Waals surface area contributed by atoms with Crippen molar-refractivity contribution in [2.24, 2.45) is 0 Å². The van der Waals surface area contributed by atoms with Gasteiger partial charge in [0.25, 0.3) is 0 Å². The fourth-order valence-corrected chi connectivity index (χ4v) is 3.13. The molecule has 15 heavy (non-hydrogen) atoms. The normalized spacial score (nSPS) is 11.7. The highest BCUT2D eigenvalue weighted by molar-refractivity contribution is 7.91. The summed E-state index contributed by atoms with van der Waals surface area (Å²) in [5, 5.41) is 3.34. The van der Waals surface area contributed by atoms with Crippen molar-refractivity contribution in [1.29, 1.82) is 0 Å². The van der Waals surface area contributed by atoms with Gasteiger partial charge in [-0.05, 0) is 25.2 Å². The standard InChI is InChI=1S/C9H11Cl2NO2S/c1-12-4-5-15(13,14)9-6-7(10)2-3-8(9)11/h2-3,6,12H,4-5H2,1H3. The Balaban J connectivity index is 3.09. The topological polar surface area (TPSA) is 46.2 Å². The van der Waals surface area contributed by atoms with Crippen molar-refractivity contribution < 1.29 is 8.42 Å². The number of sulfone groups is 1. The molecule has 0 atom stereocenters. The van der Waals surface area contributed by atoms with Crippen LogP contribution in [0.4, 0.5) is 0 Å². The lowest BCUT2D eigenvalue weighted by Gasteiger charge is -2.06. The summed E-state index contributed by atoms with van der Waals surface area (Å²) in [6, 6.07) is 4.41. The lowest BCUT2D eigenvalue weighted by molar-refractivity contribution is 0.593. The first-order chi connectivity index (χ1) is 6.97. The summed E-state index contributed by atoms with van der Waals surface area (Å²) in [6.07, 6.45) is 0. The molecule has 0 aliphatic heterocycles. The fourth-order valence-electron chi connectivity index (χ4n) is 1.06. The molecule has 84 valence electrons. The monoisotopic (exact) mass is 267 g/mol. The van der Waals surface area contributed by atoms with Gasteiger partial charge in [0.2, 0.25) is 0 Å². The van der Waals surface area contributed by atoms with E-state index in [1.54, 1.807) is 13.1 Å². The van der Waals surface area contributed by atoms with Crippen molar-refractivity contribution in [1.82, 2.24) is 5.32 Å². The summed E-state index contributed by atoms with van der Waals surface area (Å²) in [4.78, 5) is 0.0897. The summed E-state index contributed by atoms with van der Waals surface area (Å²) in [5.41, 5.74) is 0. The first-order valence-corrected chi connectivity index (χ1v) is 6.70. The Kier molecular flexibility index (Phi) is 4.40. The first-order valence-electron chi connectivity index (χ1n) is 4.30. The quantitative estimate of drug-likeness (QED) is 0.908. The van der Waals surface area contributed by atoms with E-state index in [4.69, 9.17) is 23.2 Å². The lowest BCUT2D eigenvalue weighted by atomic mass is 10.4. The SMILES string of the molecule is CNCCS(=O)(=O)c1cc(Cl)ccc1Cl. The molecule has 0 unspecified atom stereocenters. The molecule has 0 bridgehead atoms. The van der Waals surface area contributed by atoms with Gasteiger partial charge in [-0.1, -0.05) is 23.2 Å². The molecule has 0 fully saturated rings. The zero-order valence-corrected chi connectivity index (χ0v) is 10.5. The van der Waals surface area contributed by atoms with E-state index in [9.17, 15) is 8.42 Å². The van der Waals surface area contributed by atoms with E-state index in [1.807, 2.05) is 0 Å². The molecule has 6 heteroatoms. The van der Waals surface area contributed by atoms with Gasteiger partial charge in [-0.2, -0.15) is 0 Å². The Morgan fingerprint density at radius 2 is 2.00 bits per heavy atom. The number of hydrogen-bond donors (Lipinski definition) is 1. The van der Waals surface area contributed by atoms with Gasteiger partial charge in [-0.15, -0.1) is 0 Å². The second-order valence-corrected chi connectivity index (χ2v) is 5.92. The molecule has 0 aliphatic rings. The van der Waals surface area contributed by atoms with E-state index >= 15 is 0 Å². The highest BCUT2D eigenvalue weighted by Gasteiger charge is 2.17. The fraction of sp³-hybridized carbons (Fsp3) is 0.333. The van der Waals surface area contributed by atoms with Crippen LogP contribution in [-0.2, 0) is 9.84 Å². The predicted octanol–water partition coefficient (Wildman–Crippen LogP) is 1.99. The third kappa shape index (κ3) is 3.34. The van der Waals surface area contributed by atoms with Crippen molar-refractivity contribution in [2.45, 2.75) is 4.90 Å². The lowest BCUT2D eigenvalue weighted by Crippen LogP contribution is -2.19.